The Morgan fingerprint density at radius 1 is 1.17 bits per heavy atom. The number of hydrogen-bond donors (Lipinski definition) is 1. The summed E-state index contributed by atoms with van der Waals surface area (Å²) in [6.45, 7) is 0.442. The van der Waals surface area contributed by atoms with Gasteiger partial charge in [-0.25, -0.2) is 4.39 Å². The van der Waals surface area contributed by atoms with E-state index in [1.807, 2.05) is 24.3 Å². The van der Waals surface area contributed by atoms with Crippen LogP contribution in [0.25, 0.3) is 0 Å². The molecule has 1 fully saturated rings. The van der Waals surface area contributed by atoms with Gasteiger partial charge in [0, 0.05) is 6.54 Å². The number of carbonyl (C=O) groups is 1. The molecule has 3 rings (SSSR count). The molecule has 1 N–H and O–H groups in total. The summed E-state index contributed by atoms with van der Waals surface area (Å²) >= 11 is 0. The number of nitrogens with one attached hydrogen (secondary N) is 1. The maximum absolute atomic E-state index is 13.6. The van der Waals surface area contributed by atoms with E-state index in [1.54, 1.807) is 25.3 Å². The molecule has 120 valence electrons. The van der Waals surface area contributed by atoms with Crippen molar-refractivity contribution in [2.24, 2.45) is 0 Å². The maximum Gasteiger partial charge on any atom is 0.230 e. The minimum Gasteiger partial charge on any atom is -0.497 e. The molecule has 2 aromatic rings. The van der Waals surface area contributed by atoms with E-state index < -0.39 is 5.41 Å². The van der Waals surface area contributed by atoms with Gasteiger partial charge in [0.05, 0.1) is 12.5 Å². The van der Waals surface area contributed by atoms with Crippen molar-refractivity contribution in [2.45, 2.75) is 24.7 Å². The molecule has 0 saturated heterocycles. The van der Waals surface area contributed by atoms with Crippen molar-refractivity contribution >= 4 is 5.91 Å². The van der Waals surface area contributed by atoms with Crippen LogP contribution in [0.1, 0.15) is 24.0 Å². The number of ether oxygens (including phenoxy) is 1. The van der Waals surface area contributed by atoms with E-state index in [9.17, 15) is 9.18 Å². The van der Waals surface area contributed by atoms with Crippen LogP contribution in [-0.4, -0.2) is 19.6 Å². The van der Waals surface area contributed by atoms with E-state index in [4.69, 9.17) is 4.74 Å². The van der Waals surface area contributed by atoms with Crippen LogP contribution >= 0.6 is 0 Å². The Kier molecular flexibility index (Phi) is 4.33. The van der Waals surface area contributed by atoms with Gasteiger partial charge in [-0.15, -0.1) is 0 Å². The third-order valence-corrected chi connectivity index (χ3v) is 4.46. The summed E-state index contributed by atoms with van der Waals surface area (Å²) in [7, 11) is 1.62. The highest BCUT2D eigenvalue weighted by atomic mass is 19.1. The quantitative estimate of drug-likeness (QED) is 0.889. The molecule has 3 nitrogen and oxygen atoms in total. The molecule has 0 aromatic heterocycles. The van der Waals surface area contributed by atoms with Gasteiger partial charge < -0.3 is 10.1 Å². The van der Waals surface area contributed by atoms with Gasteiger partial charge in [0.25, 0.3) is 0 Å². The molecule has 1 saturated carbocycles. The number of halogens is 1. The summed E-state index contributed by atoms with van der Waals surface area (Å²) in [5, 5.41) is 2.95. The monoisotopic (exact) mass is 313 g/mol. The lowest BCUT2D eigenvalue weighted by Gasteiger charge is -2.16. The lowest BCUT2D eigenvalue weighted by molar-refractivity contribution is -0.123. The van der Waals surface area contributed by atoms with E-state index in [0.717, 1.165) is 24.2 Å². The summed E-state index contributed by atoms with van der Waals surface area (Å²) in [5.41, 5.74) is 1.23. The molecule has 23 heavy (non-hydrogen) atoms. The van der Waals surface area contributed by atoms with Crippen LogP contribution in [0.15, 0.2) is 48.5 Å². The van der Waals surface area contributed by atoms with Crippen LogP contribution in [0.3, 0.4) is 0 Å². The minimum absolute atomic E-state index is 0.0269. The molecule has 0 bridgehead atoms. The van der Waals surface area contributed by atoms with Gasteiger partial charge in [0.1, 0.15) is 11.6 Å². The fourth-order valence-electron chi connectivity index (χ4n) is 2.86. The zero-order valence-corrected chi connectivity index (χ0v) is 13.1. The van der Waals surface area contributed by atoms with E-state index in [-0.39, 0.29) is 11.7 Å². The lowest BCUT2D eigenvalue weighted by atomic mass is 9.95. The van der Waals surface area contributed by atoms with Gasteiger partial charge in [0.2, 0.25) is 5.91 Å². The van der Waals surface area contributed by atoms with Crippen LogP contribution in [0.5, 0.6) is 5.75 Å². The average Bonchev–Trinajstić information content (AvgIpc) is 3.38. The number of hydrogen-bond acceptors (Lipinski definition) is 2. The summed E-state index contributed by atoms with van der Waals surface area (Å²) in [6.07, 6.45) is 2.20. The van der Waals surface area contributed by atoms with Crippen molar-refractivity contribution in [3.8, 4) is 5.75 Å². The fraction of sp³-hybridized carbons (Fsp3) is 0.316. The normalized spacial score (nSPS) is 15.0. The van der Waals surface area contributed by atoms with Crippen LogP contribution < -0.4 is 10.1 Å². The second kappa shape index (κ2) is 6.41. The predicted molar refractivity (Wildman–Crippen MR) is 87.0 cm³/mol. The zero-order valence-electron chi connectivity index (χ0n) is 13.1. The zero-order chi connectivity index (χ0) is 16.3. The third kappa shape index (κ3) is 3.21. The number of methoxy groups -OCH3 is 1. The molecular weight excluding hydrogens is 293 g/mol. The fourth-order valence-corrected chi connectivity index (χ4v) is 2.86. The molecule has 1 amide bonds. The molecule has 0 radical (unpaired) electrons. The molecule has 0 atom stereocenters. The van der Waals surface area contributed by atoms with E-state index >= 15 is 0 Å². The Morgan fingerprint density at radius 3 is 2.48 bits per heavy atom. The summed E-state index contributed by atoms with van der Waals surface area (Å²) in [6, 6.07) is 14.3. The number of rotatable bonds is 6. The third-order valence-electron chi connectivity index (χ3n) is 4.46. The molecule has 0 unspecified atom stereocenters. The molecule has 4 heteroatoms. The smallest absolute Gasteiger partial charge is 0.230 e. The van der Waals surface area contributed by atoms with Gasteiger partial charge in [-0.3, -0.25) is 4.79 Å². The van der Waals surface area contributed by atoms with Gasteiger partial charge in [-0.2, -0.15) is 0 Å². The van der Waals surface area contributed by atoms with Crippen molar-refractivity contribution in [2.75, 3.05) is 13.7 Å². The highest BCUT2D eigenvalue weighted by Crippen LogP contribution is 2.48. The molecule has 0 heterocycles. The van der Waals surface area contributed by atoms with Gasteiger partial charge >= 0.3 is 0 Å². The summed E-state index contributed by atoms with van der Waals surface area (Å²) in [5.74, 6) is 0.585. The van der Waals surface area contributed by atoms with Crippen molar-refractivity contribution in [3.63, 3.8) is 0 Å². The minimum atomic E-state index is -0.415. The molecule has 2 aromatic carbocycles. The second-order valence-corrected chi connectivity index (χ2v) is 5.91. The van der Waals surface area contributed by atoms with Crippen LogP contribution in [0, 0.1) is 5.82 Å². The highest BCUT2D eigenvalue weighted by Gasteiger charge is 2.50. The van der Waals surface area contributed by atoms with Gasteiger partial charge in [0.15, 0.2) is 0 Å². The van der Waals surface area contributed by atoms with Crippen molar-refractivity contribution < 1.29 is 13.9 Å². The number of amides is 1. The first-order valence-electron chi connectivity index (χ1n) is 7.82. The molecule has 1 aliphatic carbocycles. The topological polar surface area (TPSA) is 38.3 Å². The average molecular weight is 313 g/mol. The molecule has 0 aliphatic heterocycles. The Bertz CT molecular complexity index is 693. The Balaban J connectivity index is 1.60. The Morgan fingerprint density at radius 2 is 1.87 bits per heavy atom. The van der Waals surface area contributed by atoms with Gasteiger partial charge in [-0.05, 0) is 48.6 Å². The van der Waals surface area contributed by atoms with Crippen LogP contribution in [0.2, 0.25) is 0 Å². The predicted octanol–water partition coefficient (Wildman–Crippen LogP) is 3.22. The second-order valence-electron chi connectivity index (χ2n) is 5.91. The van der Waals surface area contributed by atoms with Crippen molar-refractivity contribution in [3.05, 3.63) is 65.5 Å². The molecule has 1 aliphatic rings. The van der Waals surface area contributed by atoms with E-state index in [2.05, 4.69) is 5.32 Å². The van der Waals surface area contributed by atoms with Gasteiger partial charge in [-0.1, -0.05) is 30.3 Å². The standard InChI is InChI=1S/C19H20FNO2/c1-23-16-8-6-15(7-9-16)19(11-12-19)18(22)21-13-10-14-4-2-3-5-17(14)20/h2-9H,10-13H2,1H3,(H,21,22). The lowest BCUT2D eigenvalue weighted by Crippen LogP contribution is -2.36. The SMILES string of the molecule is COc1ccc(C2(C(=O)NCCc3ccccc3F)CC2)cc1. The van der Waals surface area contributed by atoms with Crippen molar-refractivity contribution in [1.82, 2.24) is 5.32 Å². The first kappa shape index (κ1) is 15.5. The summed E-state index contributed by atoms with van der Waals surface area (Å²) < 4.78 is 18.7. The highest BCUT2D eigenvalue weighted by molar-refractivity contribution is 5.91. The maximum atomic E-state index is 13.6. The van der Waals surface area contributed by atoms with Crippen LogP contribution in [-0.2, 0) is 16.6 Å². The largest absolute Gasteiger partial charge is 0.497 e. The van der Waals surface area contributed by atoms with E-state index in [0.29, 0.717) is 18.5 Å². The Labute approximate surface area is 135 Å². The Hall–Kier alpha value is -2.36. The molecular formula is C19H20FNO2. The first-order valence-corrected chi connectivity index (χ1v) is 7.82. The number of carbonyl (C=O) groups excluding carboxylic acids is 1. The summed E-state index contributed by atoms with van der Waals surface area (Å²) in [4.78, 5) is 12.5. The van der Waals surface area contributed by atoms with Crippen LogP contribution in [0.4, 0.5) is 4.39 Å². The number of benzene rings is 2. The first-order chi connectivity index (χ1) is 11.2. The van der Waals surface area contributed by atoms with E-state index in [1.165, 1.54) is 6.07 Å². The molecule has 0 spiro atoms. The van der Waals surface area contributed by atoms with Crippen molar-refractivity contribution in [1.29, 1.82) is 0 Å².